The highest BCUT2D eigenvalue weighted by Crippen LogP contribution is 2.43. The number of aromatic nitrogens is 6. The summed E-state index contributed by atoms with van der Waals surface area (Å²) in [6.45, 7) is 8.71. The van der Waals surface area contributed by atoms with Crippen LogP contribution in [0.2, 0.25) is 0 Å². The summed E-state index contributed by atoms with van der Waals surface area (Å²) in [6, 6.07) is 76.2. The Labute approximate surface area is 424 Å². The Kier molecular flexibility index (Phi) is 10.6. The molecule has 0 spiro atoms. The van der Waals surface area contributed by atoms with E-state index in [1.54, 1.807) is 0 Å². The van der Waals surface area contributed by atoms with E-state index in [-0.39, 0.29) is 0 Å². The van der Waals surface area contributed by atoms with E-state index < -0.39 is 0 Å². The molecule has 4 heterocycles. The van der Waals surface area contributed by atoms with Gasteiger partial charge in [0.2, 0.25) is 0 Å². The smallest absolute Gasteiger partial charge is 0.164 e. The summed E-state index contributed by atoms with van der Waals surface area (Å²) in [4.78, 5) is 21.8. The van der Waals surface area contributed by atoms with E-state index in [0.717, 1.165) is 78.3 Å². The molecule has 7 nitrogen and oxygen atoms in total. The van der Waals surface area contributed by atoms with Crippen molar-refractivity contribution in [2.75, 3.05) is 4.90 Å². The lowest BCUT2D eigenvalue weighted by molar-refractivity contribution is 1.07. The summed E-state index contributed by atoms with van der Waals surface area (Å²) in [5.41, 5.74) is 19.6. The van der Waals surface area contributed by atoms with Gasteiger partial charge in [-0.2, -0.15) is 0 Å². The third-order valence-electron chi connectivity index (χ3n) is 14.0. The second kappa shape index (κ2) is 17.7. The van der Waals surface area contributed by atoms with Crippen LogP contribution in [0.4, 0.5) is 17.1 Å². The SMILES string of the molecule is Cc1ccc2c(c1)c1cc(C)ccc1n2-c1cc(N(c2ccc(-c3ccncc3)cc2)c2ccc(-c3nc(-c4ccccc4)nc(-c4ccccc4)n3)cc2)cc(-n2c3ccc(C)cc3c3cc(C)ccc32)c1. The maximum Gasteiger partial charge on any atom is 0.164 e. The van der Waals surface area contributed by atoms with Gasteiger partial charge in [0.15, 0.2) is 17.5 Å². The number of benzene rings is 9. The summed E-state index contributed by atoms with van der Waals surface area (Å²) < 4.78 is 4.89. The first-order chi connectivity index (χ1) is 35.8. The van der Waals surface area contributed by atoms with Crippen molar-refractivity contribution in [1.29, 1.82) is 0 Å². The lowest BCUT2D eigenvalue weighted by Crippen LogP contribution is -2.12. The highest BCUT2D eigenvalue weighted by Gasteiger charge is 2.22. The molecule has 0 atom stereocenters. The Morgan fingerprint density at radius 3 is 1.03 bits per heavy atom. The summed E-state index contributed by atoms with van der Waals surface area (Å²) in [5.74, 6) is 1.85. The molecule has 348 valence electrons. The van der Waals surface area contributed by atoms with Crippen LogP contribution in [0, 0.1) is 27.7 Å². The summed E-state index contributed by atoms with van der Waals surface area (Å²) in [6.07, 6.45) is 3.69. The number of hydrogen-bond acceptors (Lipinski definition) is 5. The van der Waals surface area contributed by atoms with Crippen LogP contribution in [-0.2, 0) is 0 Å². The molecule has 0 amide bonds. The molecular weight excluding hydrogens is 891 g/mol. The van der Waals surface area contributed by atoms with E-state index in [1.165, 1.54) is 43.8 Å². The molecule has 0 unspecified atom stereocenters. The van der Waals surface area contributed by atoms with Crippen molar-refractivity contribution in [3.05, 3.63) is 247 Å². The molecule has 9 aromatic carbocycles. The molecule has 0 radical (unpaired) electrons. The van der Waals surface area contributed by atoms with Crippen molar-refractivity contribution < 1.29 is 0 Å². The highest BCUT2D eigenvalue weighted by atomic mass is 15.2. The fraction of sp³-hybridized carbons (Fsp3) is 0.0606. The number of fused-ring (bicyclic) bond motifs is 6. The Hall–Kier alpha value is -9.46. The molecule has 0 fully saturated rings. The molecule has 0 saturated carbocycles. The zero-order valence-corrected chi connectivity index (χ0v) is 41.0. The van der Waals surface area contributed by atoms with Crippen molar-refractivity contribution in [3.8, 4) is 56.7 Å². The van der Waals surface area contributed by atoms with Gasteiger partial charge in [-0.05, 0) is 154 Å². The largest absolute Gasteiger partial charge is 0.310 e. The lowest BCUT2D eigenvalue weighted by atomic mass is 10.1. The molecule has 0 aliphatic rings. The summed E-state index contributed by atoms with van der Waals surface area (Å²) >= 11 is 0. The van der Waals surface area contributed by atoms with Gasteiger partial charge in [-0.3, -0.25) is 4.98 Å². The van der Waals surface area contributed by atoms with Crippen LogP contribution in [0.5, 0.6) is 0 Å². The third kappa shape index (κ3) is 7.88. The maximum absolute atomic E-state index is 5.08. The zero-order valence-electron chi connectivity index (χ0n) is 41.0. The van der Waals surface area contributed by atoms with Gasteiger partial charge in [0.05, 0.1) is 39.1 Å². The standard InChI is InChI=1S/C66H49N7/c1-42-15-27-60-56(35-42)57-36-43(2)16-28-61(57)72(60)54-39-53(40-55(41-54)73-62-29-17-44(3)37-58(62)59-38-45(4)18-30-63(59)73)71(51-23-19-46(20-24-51)47-31-33-67-34-32-47)52-25-21-50(22-26-52)66-69-64(48-11-7-5-8-12-48)68-65(70-66)49-13-9-6-10-14-49/h5-41H,1-4H3. The Morgan fingerprint density at radius 2 is 0.644 bits per heavy atom. The van der Waals surface area contributed by atoms with Gasteiger partial charge >= 0.3 is 0 Å². The van der Waals surface area contributed by atoms with E-state index in [0.29, 0.717) is 17.5 Å². The van der Waals surface area contributed by atoms with Crippen LogP contribution in [0.1, 0.15) is 22.3 Å². The van der Waals surface area contributed by atoms with Gasteiger partial charge in [0, 0.05) is 62.0 Å². The van der Waals surface area contributed by atoms with Crippen LogP contribution in [0.15, 0.2) is 225 Å². The number of hydrogen-bond donors (Lipinski definition) is 0. The predicted octanol–water partition coefficient (Wildman–Crippen LogP) is 16.8. The number of anilines is 3. The molecule has 13 aromatic rings. The molecule has 0 saturated heterocycles. The minimum atomic E-state index is 0.602. The van der Waals surface area contributed by atoms with Crippen LogP contribution in [0.3, 0.4) is 0 Å². The quantitative estimate of drug-likeness (QED) is 0.144. The van der Waals surface area contributed by atoms with E-state index in [1.807, 2.05) is 73.1 Å². The molecule has 73 heavy (non-hydrogen) atoms. The van der Waals surface area contributed by atoms with Crippen molar-refractivity contribution in [2.45, 2.75) is 27.7 Å². The minimum absolute atomic E-state index is 0.602. The van der Waals surface area contributed by atoms with Gasteiger partial charge < -0.3 is 14.0 Å². The second-order valence-electron chi connectivity index (χ2n) is 19.2. The maximum atomic E-state index is 5.08. The van der Waals surface area contributed by atoms with Gasteiger partial charge in [-0.25, -0.2) is 15.0 Å². The monoisotopic (exact) mass is 939 g/mol. The molecule has 0 aliphatic heterocycles. The van der Waals surface area contributed by atoms with Crippen LogP contribution in [-0.4, -0.2) is 29.1 Å². The first-order valence-corrected chi connectivity index (χ1v) is 24.8. The molecule has 0 N–H and O–H groups in total. The van der Waals surface area contributed by atoms with Crippen LogP contribution < -0.4 is 4.90 Å². The van der Waals surface area contributed by atoms with Crippen LogP contribution >= 0.6 is 0 Å². The average molecular weight is 940 g/mol. The molecular formula is C66H49N7. The Bertz CT molecular complexity index is 3900. The van der Waals surface area contributed by atoms with E-state index >= 15 is 0 Å². The Morgan fingerprint density at radius 1 is 0.301 bits per heavy atom. The first-order valence-electron chi connectivity index (χ1n) is 24.8. The van der Waals surface area contributed by atoms with Crippen molar-refractivity contribution in [1.82, 2.24) is 29.1 Å². The van der Waals surface area contributed by atoms with Crippen LogP contribution in [0.25, 0.3) is 100 Å². The number of rotatable bonds is 9. The summed E-state index contributed by atoms with van der Waals surface area (Å²) in [5, 5.41) is 4.93. The normalized spacial score (nSPS) is 11.6. The molecule has 0 bridgehead atoms. The van der Waals surface area contributed by atoms with Crippen molar-refractivity contribution in [3.63, 3.8) is 0 Å². The zero-order chi connectivity index (χ0) is 49.2. The number of aryl methyl sites for hydroxylation is 4. The summed E-state index contributed by atoms with van der Waals surface area (Å²) in [7, 11) is 0. The first kappa shape index (κ1) is 43.6. The van der Waals surface area contributed by atoms with Crippen molar-refractivity contribution in [2.24, 2.45) is 0 Å². The van der Waals surface area contributed by atoms with Gasteiger partial charge in [0.25, 0.3) is 0 Å². The minimum Gasteiger partial charge on any atom is -0.310 e. The Balaban J connectivity index is 1.05. The van der Waals surface area contributed by atoms with E-state index in [9.17, 15) is 0 Å². The number of nitrogens with zero attached hydrogens (tertiary/aromatic N) is 7. The van der Waals surface area contributed by atoms with Crippen molar-refractivity contribution >= 4 is 60.7 Å². The fourth-order valence-electron chi connectivity index (χ4n) is 10.5. The second-order valence-corrected chi connectivity index (χ2v) is 19.2. The highest BCUT2D eigenvalue weighted by molar-refractivity contribution is 6.11. The lowest BCUT2D eigenvalue weighted by Gasteiger charge is -2.28. The average Bonchev–Trinajstić information content (AvgIpc) is 3.92. The van der Waals surface area contributed by atoms with Gasteiger partial charge in [0.1, 0.15) is 0 Å². The molecule has 0 aliphatic carbocycles. The predicted molar refractivity (Wildman–Crippen MR) is 302 cm³/mol. The topological polar surface area (TPSA) is 64.7 Å². The number of pyridine rings is 1. The van der Waals surface area contributed by atoms with E-state index in [2.05, 4.69) is 198 Å². The van der Waals surface area contributed by atoms with Gasteiger partial charge in [-0.15, -0.1) is 0 Å². The molecule has 13 rings (SSSR count). The van der Waals surface area contributed by atoms with E-state index in [4.69, 9.17) is 15.0 Å². The fourth-order valence-corrected chi connectivity index (χ4v) is 10.5. The molecule has 7 heteroatoms. The molecule has 4 aromatic heterocycles. The van der Waals surface area contributed by atoms with Gasteiger partial charge in [-0.1, -0.05) is 119 Å². The third-order valence-corrected chi connectivity index (χ3v) is 14.0.